The first-order valence-electron chi connectivity index (χ1n) is 10.4. The van der Waals surface area contributed by atoms with E-state index in [2.05, 4.69) is 21.4 Å². The number of hydrogen-bond donors (Lipinski definition) is 2. The number of amides is 1. The normalized spacial score (nSPS) is 11.3. The number of benzene rings is 3. The number of nitrogens with zero attached hydrogens (tertiary/aromatic N) is 2. The molecule has 0 aliphatic heterocycles. The predicted octanol–water partition coefficient (Wildman–Crippen LogP) is 5.54. The molecule has 6 nitrogen and oxygen atoms in total. The number of aromatic amines is 1. The highest BCUT2D eigenvalue weighted by Crippen LogP contribution is 2.23. The minimum Gasteiger partial charge on any atom is -0.484 e. The van der Waals surface area contributed by atoms with Crippen molar-refractivity contribution in [2.24, 2.45) is 0 Å². The highest BCUT2D eigenvalue weighted by atomic mass is 19.1. The summed E-state index contributed by atoms with van der Waals surface area (Å²) in [7, 11) is 0. The van der Waals surface area contributed by atoms with Crippen LogP contribution in [0.5, 0.6) is 5.75 Å². The molecule has 0 unspecified atom stereocenters. The van der Waals surface area contributed by atoms with Gasteiger partial charge in [-0.25, -0.2) is 13.8 Å². The summed E-state index contributed by atoms with van der Waals surface area (Å²) in [6.07, 6.45) is 1.70. The van der Waals surface area contributed by atoms with Gasteiger partial charge in [-0.05, 0) is 73.0 Å². The van der Waals surface area contributed by atoms with E-state index in [1.165, 1.54) is 0 Å². The lowest BCUT2D eigenvalue weighted by Crippen LogP contribution is -2.20. The van der Waals surface area contributed by atoms with Crippen LogP contribution in [0.25, 0.3) is 22.7 Å². The number of aryl methyl sites for hydroxylation is 2. The maximum atomic E-state index is 13.6. The molecular weight excluding hydrogens is 438 g/mol. The Morgan fingerprint density at radius 1 is 1.12 bits per heavy atom. The quantitative estimate of drug-likeness (QED) is 0.371. The Bertz CT molecular complexity index is 1410. The van der Waals surface area contributed by atoms with E-state index in [-0.39, 0.29) is 12.3 Å². The molecule has 170 valence electrons. The SMILES string of the molecule is Cc1cc2nc(/C(C#N)=C/c3ccc(OCC(=O)Nc4ccc(F)cc4F)cc3)[nH]c2cc1C. The van der Waals surface area contributed by atoms with Gasteiger partial charge < -0.3 is 15.0 Å². The second kappa shape index (κ2) is 9.55. The van der Waals surface area contributed by atoms with Gasteiger partial charge in [0.25, 0.3) is 5.91 Å². The summed E-state index contributed by atoms with van der Waals surface area (Å²) in [5.41, 5.74) is 4.91. The van der Waals surface area contributed by atoms with Crippen LogP contribution in [0.15, 0.2) is 54.6 Å². The standard InChI is InChI=1S/C26H20F2N4O2/c1-15-9-23-24(10-16(15)2)32-26(31-23)18(13-29)11-17-3-6-20(7-4-17)34-14-25(33)30-22-8-5-19(27)12-21(22)28/h3-12H,14H2,1-2H3,(H,30,33)(H,31,32)/b18-11+. The van der Waals surface area contributed by atoms with Gasteiger partial charge in [0.05, 0.1) is 22.3 Å². The lowest BCUT2D eigenvalue weighted by Gasteiger charge is -2.08. The molecule has 8 heteroatoms. The molecule has 1 aromatic heterocycles. The number of fused-ring (bicyclic) bond motifs is 1. The summed E-state index contributed by atoms with van der Waals surface area (Å²) in [4.78, 5) is 19.7. The van der Waals surface area contributed by atoms with Gasteiger partial charge in [0.1, 0.15) is 29.3 Å². The molecule has 34 heavy (non-hydrogen) atoms. The lowest BCUT2D eigenvalue weighted by atomic mass is 10.1. The van der Waals surface area contributed by atoms with Crippen LogP contribution in [-0.2, 0) is 4.79 Å². The van der Waals surface area contributed by atoms with Crippen molar-refractivity contribution in [3.63, 3.8) is 0 Å². The van der Waals surface area contributed by atoms with Gasteiger partial charge in [0.2, 0.25) is 0 Å². The number of rotatable bonds is 6. The molecule has 4 aromatic rings. The molecule has 2 N–H and O–H groups in total. The van der Waals surface area contributed by atoms with Crippen LogP contribution in [0.1, 0.15) is 22.5 Å². The summed E-state index contributed by atoms with van der Waals surface area (Å²) in [6.45, 7) is 3.68. The number of ether oxygens (including phenoxy) is 1. The summed E-state index contributed by atoms with van der Waals surface area (Å²) < 4.78 is 32.0. The number of anilines is 1. The van der Waals surface area contributed by atoms with Gasteiger partial charge >= 0.3 is 0 Å². The number of hydrogen-bond acceptors (Lipinski definition) is 4. The largest absolute Gasteiger partial charge is 0.484 e. The van der Waals surface area contributed by atoms with E-state index in [0.717, 1.165) is 39.9 Å². The zero-order chi connectivity index (χ0) is 24.2. The van der Waals surface area contributed by atoms with Crippen LogP contribution < -0.4 is 10.1 Å². The summed E-state index contributed by atoms with van der Waals surface area (Å²) in [5.74, 6) is -1.29. The van der Waals surface area contributed by atoms with Gasteiger partial charge in [-0.1, -0.05) is 12.1 Å². The van der Waals surface area contributed by atoms with Crippen LogP contribution in [0.3, 0.4) is 0 Å². The predicted molar refractivity (Wildman–Crippen MR) is 126 cm³/mol. The molecule has 0 aliphatic rings. The smallest absolute Gasteiger partial charge is 0.262 e. The third-order valence-electron chi connectivity index (χ3n) is 5.24. The van der Waals surface area contributed by atoms with Gasteiger partial charge in [-0.15, -0.1) is 0 Å². The Morgan fingerprint density at radius 2 is 1.85 bits per heavy atom. The number of imidazole rings is 1. The number of H-pyrrole nitrogens is 1. The second-order valence-corrected chi connectivity index (χ2v) is 7.74. The van der Waals surface area contributed by atoms with Crippen LogP contribution in [0.4, 0.5) is 14.5 Å². The highest BCUT2D eigenvalue weighted by Gasteiger charge is 2.11. The Hall–Kier alpha value is -4.51. The molecule has 0 saturated carbocycles. The van der Waals surface area contributed by atoms with Gasteiger partial charge in [-0.2, -0.15) is 5.26 Å². The zero-order valence-corrected chi connectivity index (χ0v) is 18.4. The Balaban J connectivity index is 1.42. The monoisotopic (exact) mass is 458 g/mol. The molecule has 0 spiro atoms. The first kappa shape index (κ1) is 22.7. The maximum absolute atomic E-state index is 13.6. The first-order chi connectivity index (χ1) is 16.3. The van der Waals surface area contributed by atoms with Gasteiger partial charge in [0, 0.05) is 6.07 Å². The molecule has 0 bridgehead atoms. The van der Waals surface area contributed by atoms with Crippen molar-refractivity contribution in [2.45, 2.75) is 13.8 Å². The van der Waals surface area contributed by atoms with E-state index in [1.807, 2.05) is 26.0 Å². The first-order valence-corrected chi connectivity index (χ1v) is 10.4. The highest BCUT2D eigenvalue weighted by molar-refractivity contribution is 5.92. The summed E-state index contributed by atoms with van der Waals surface area (Å²) >= 11 is 0. The lowest BCUT2D eigenvalue weighted by molar-refractivity contribution is -0.118. The number of allylic oxidation sites excluding steroid dienone is 1. The maximum Gasteiger partial charge on any atom is 0.262 e. The fraction of sp³-hybridized carbons (Fsp3) is 0.115. The minimum absolute atomic E-state index is 0.129. The van der Waals surface area contributed by atoms with Gasteiger partial charge in [0.15, 0.2) is 6.61 Å². The summed E-state index contributed by atoms with van der Waals surface area (Å²) in [5, 5.41) is 12.0. The molecular formula is C26H20F2N4O2. The molecule has 1 heterocycles. The van der Waals surface area contributed by atoms with E-state index in [0.29, 0.717) is 23.2 Å². The Morgan fingerprint density at radius 3 is 2.56 bits per heavy atom. The van der Waals surface area contributed by atoms with E-state index in [9.17, 15) is 18.8 Å². The third kappa shape index (κ3) is 5.10. The van der Waals surface area contributed by atoms with E-state index < -0.39 is 17.5 Å². The summed E-state index contributed by atoms with van der Waals surface area (Å²) in [6, 6.07) is 15.8. The topological polar surface area (TPSA) is 90.8 Å². The molecule has 0 aliphatic carbocycles. The van der Waals surface area contributed by atoms with E-state index >= 15 is 0 Å². The number of halogens is 2. The average molecular weight is 458 g/mol. The number of nitrogens with one attached hydrogen (secondary N) is 2. The van der Waals surface area contributed by atoms with Crippen molar-refractivity contribution in [3.05, 3.63) is 88.7 Å². The molecule has 4 rings (SSSR count). The molecule has 3 aromatic carbocycles. The van der Waals surface area contributed by atoms with E-state index in [1.54, 1.807) is 30.3 Å². The fourth-order valence-corrected chi connectivity index (χ4v) is 3.30. The van der Waals surface area contributed by atoms with Crippen LogP contribution >= 0.6 is 0 Å². The molecule has 1 amide bonds. The van der Waals surface area contributed by atoms with Gasteiger partial charge in [-0.3, -0.25) is 4.79 Å². The van der Waals surface area contributed by atoms with Crippen molar-refractivity contribution < 1.29 is 18.3 Å². The van der Waals surface area contributed by atoms with Crippen molar-refractivity contribution in [3.8, 4) is 11.8 Å². The Labute approximate surface area is 194 Å². The molecule has 0 atom stereocenters. The van der Waals surface area contributed by atoms with Crippen molar-refractivity contribution in [1.29, 1.82) is 5.26 Å². The number of aromatic nitrogens is 2. The molecule has 0 radical (unpaired) electrons. The second-order valence-electron chi connectivity index (χ2n) is 7.74. The molecule has 0 saturated heterocycles. The number of carbonyl (C=O) groups excluding carboxylic acids is 1. The Kier molecular flexibility index (Phi) is 6.37. The van der Waals surface area contributed by atoms with Crippen molar-refractivity contribution in [1.82, 2.24) is 9.97 Å². The van der Waals surface area contributed by atoms with E-state index in [4.69, 9.17) is 4.74 Å². The minimum atomic E-state index is -0.868. The fourth-order valence-electron chi connectivity index (χ4n) is 3.30. The average Bonchev–Trinajstić information content (AvgIpc) is 3.21. The third-order valence-corrected chi connectivity index (χ3v) is 5.24. The number of carbonyl (C=O) groups is 1. The van der Waals surface area contributed by atoms with Crippen LogP contribution in [0, 0.1) is 36.8 Å². The zero-order valence-electron chi connectivity index (χ0n) is 18.4. The van der Waals surface area contributed by atoms with Crippen molar-refractivity contribution in [2.75, 3.05) is 11.9 Å². The number of nitriles is 1. The molecule has 0 fully saturated rings. The van der Waals surface area contributed by atoms with Crippen LogP contribution in [-0.4, -0.2) is 22.5 Å². The van der Waals surface area contributed by atoms with Crippen LogP contribution in [0.2, 0.25) is 0 Å². The van der Waals surface area contributed by atoms with Crippen molar-refractivity contribution >= 4 is 34.3 Å².